The van der Waals surface area contributed by atoms with Crippen LogP contribution < -0.4 is 10.1 Å². The van der Waals surface area contributed by atoms with Crippen LogP contribution in [0.25, 0.3) is 10.8 Å². The summed E-state index contributed by atoms with van der Waals surface area (Å²) in [6, 6.07) is 10.5. The van der Waals surface area contributed by atoms with Crippen LogP contribution in [0.4, 0.5) is 0 Å². The monoisotopic (exact) mass is 397 g/mol. The number of hydrogen-bond donors (Lipinski definition) is 2. The lowest BCUT2D eigenvalue weighted by atomic mass is 10.1. The van der Waals surface area contributed by atoms with Crippen molar-refractivity contribution in [2.75, 3.05) is 19.5 Å². The van der Waals surface area contributed by atoms with Crippen molar-refractivity contribution in [1.29, 1.82) is 0 Å². The molecule has 0 saturated heterocycles. The second-order valence-electron chi connectivity index (χ2n) is 6.27. The van der Waals surface area contributed by atoms with E-state index in [9.17, 15) is 9.90 Å². The summed E-state index contributed by atoms with van der Waals surface area (Å²) in [6.45, 7) is 3.72. The van der Waals surface area contributed by atoms with E-state index < -0.39 is 6.04 Å². The van der Waals surface area contributed by atoms with Crippen molar-refractivity contribution in [2.45, 2.75) is 24.8 Å². The Labute approximate surface area is 168 Å². The minimum absolute atomic E-state index is 0.233. The smallest absolute Gasteiger partial charge is 0.251 e. The zero-order valence-electron chi connectivity index (χ0n) is 16.1. The lowest BCUT2D eigenvalue weighted by Gasteiger charge is -2.16. The number of benzene rings is 1. The SMILES string of the molecule is CCSc1ccc(C(CO)NC(=O)c2ccc3c(OC)nc(C)cc3c2)nc1. The Morgan fingerprint density at radius 2 is 2.11 bits per heavy atom. The molecule has 0 aliphatic heterocycles. The van der Waals surface area contributed by atoms with Crippen LogP contribution in [0, 0.1) is 6.92 Å². The van der Waals surface area contributed by atoms with E-state index in [0.717, 1.165) is 27.1 Å². The molecule has 146 valence electrons. The van der Waals surface area contributed by atoms with Crippen LogP contribution >= 0.6 is 11.8 Å². The normalized spacial score (nSPS) is 12.0. The van der Waals surface area contributed by atoms with Crippen molar-refractivity contribution in [3.05, 3.63) is 59.5 Å². The van der Waals surface area contributed by atoms with Gasteiger partial charge in [0.25, 0.3) is 5.91 Å². The molecule has 0 aliphatic carbocycles. The molecule has 0 radical (unpaired) electrons. The minimum atomic E-state index is -0.572. The number of pyridine rings is 2. The number of aliphatic hydroxyl groups is 1. The van der Waals surface area contributed by atoms with Crippen LogP contribution in [0.1, 0.15) is 34.7 Å². The second-order valence-corrected chi connectivity index (χ2v) is 7.61. The fourth-order valence-corrected chi connectivity index (χ4v) is 3.58. The summed E-state index contributed by atoms with van der Waals surface area (Å²) in [6.07, 6.45) is 1.76. The first-order chi connectivity index (χ1) is 13.5. The molecule has 1 amide bonds. The van der Waals surface area contributed by atoms with Gasteiger partial charge in [-0.15, -0.1) is 11.8 Å². The third-order valence-electron chi connectivity index (χ3n) is 4.29. The summed E-state index contributed by atoms with van der Waals surface area (Å²) in [4.78, 5) is 22.5. The molecule has 6 nitrogen and oxygen atoms in total. The molecule has 2 N–H and O–H groups in total. The van der Waals surface area contributed by atoms with Gasteiger partial charge in [-0.2, -0.15) is 0 Å². The summed E-state index contributed by atoms with van der Waals surface area (Å²) in [5, 5.41) is 14.3. The van der Waals surface area contributed by atoms with Gasteiger partial charge in [0.05, 0.1) is 25.5 Å². The maximum Gasteiger partial charge on any atom is 0.251 e. The fourth-order valence-electron chi connectivity index (χ4n) is 2.96. The molecule has 7 heteroatoms. The Morgan fingerprint density at radius 1 is 1.29 bits per heavy atom. The van der Waals surface area contributed by atoms with Crippen molar-refractivity contribution in [2.24, 2.45) is 0 Å². The predicted molar refractivity (Wildman–Crippen MR) is 111 cm³/mol. The second kappa shape index (κ2) is 9.03. The van der Waals surface area contributed by atoms with Crippen LogP contribution in [0.15, 0.2) is 47.5 Å². The molecular weight excluding hydrogens is 374 g/mol. The highest BCUT2D eigenvalue weighted by Crippen LogP contribution is 2.26. The van der Waals surface area contributed by atoms with E-state index in [-0.39, 0.29) is 12.5 Å². The Kier molecular flexibility index (Phi) is 6.49. The van der Waals surface area contributed by atoms with E-state index >= 15 is 0 Å². The standard InChI is InChI=1S/C21H23N3O3S/c1-4-28-16-6-8-18(22-11-16)19(12-25)24-20(26)14-5-7-17-15(10-14)9-13(2)23-21(17)27-3/h5-11,19,25H,4,12H2,1-3H3,(H,24,26). The Bertz CT molecular complexity index is 977. The minimum Gasteiger partial charge on any atom is -0.481 e. The van der Waals surface area contributed by atoms with Crippen molar-refractivity contribution in [3.8, 4) is 5.88 Å². The zero-order chi connectivity index (χ0) is 20.1. The van der Waals surface area contributed by atoms with Gasteiger partial charge in [-0.25, -0.2) is 4.98 Å². The van der Waals surface area contributed by atoms with Crippen LogP contribution in [-0.4, -0.2) is 40.5 Å². The van der Waals surface area contributed by atoms with E-state index in [1.165, 1.54) is 0 Å². The Balaban J connectivity index is 1.82. The maximum absolute atomic E-state index is 12.7. The molecule has 28 heavy (non-hydrogen) atoms. The van der Waals surface area contributed by atoms with Crippen LogP contribution in [-0.2, 0) is 0 Å². The Morgan fingerprint density at radius 3 is 2.75 bits per heavy atom. The lowest BCUT2D eigenvalue weighted by molar-refractivity contribution is 0.0915. The quantitative estimate of drug-likeness (QED) is 0.594. The summed E-state index contributed by atoms with van der Waals surface area (Å²) >= 11 is 1.69. The molecular formula is C21H23N3O3S. The van der Waals surface area contributed by atoms with E-state index in [4.69, 9.17) is 4.74 Å². The van der Waals surface area contributed by atoms with E-state index in [2.05, 4.69) is 22.2 Å². The number of ether oxygens (including phenoxy) is 1. The zero-order valence-corrected chi connectivity index (χ0v) is 16.9. The van der Waals surface area contributed by atoms with Crippen LogP contribution in [0.3, 0.4) is 0 Å². The topological polar surface area (TPSA) is 84.3 Å². The molecule has 0 bridgehead atoms. The first-order valence-corrected chi connectivity index (χ1v) is 10.00. The number of carbonyl (C=O) groups is 1. The number of aliphatic hydroxyl groups excluding tert-OH is 1. The molecule has 0 spiro atoms. The number of aromatic nitrogens is 2. The van der Waals surface area contributed by atoms with Crippen molar-refractivity contribution >= 4 is 28.4 Å². The van der Waals surface area contributed by atoms with Gasteiger partial charge < -0.3 is 15.2 Å². The first kappa shape index (κ1) is 20.1. The number of nitrogens with zero attached hydrogens (tertiary/aromatic N) is 2. The number of nitrogens with one attached hydrogen (secondary N) is 1. The molecule has 1 aromatic carbocycles. The molecule has 0 fully saturated rings. The van der Waals surface area contributed by atoms with Gasteiger partial charge in [0, 0.05) is 27.7 Å². The first-order valence-electron chi connectivity index (χ1n) is 9.01. The number of thioether (sulfide) groups is 1. The number of methoxy groups -OCH3 is 1. The van der Waals surface area contributed by atoms with Crippen molar-refractivity contribution < 1.29 is 14.6 Å². The third-order valence-corrected chi connectivity index (χ3v) is 5.16. The number of hydrogen-bond acceptors (Lipinski definition) is 6. The number of rotatable bonds is 7. The summed E-state index contributed by atoms with van der Waals surface area (Å²) in [5.41, 5.74) is 1.93. The number of carbonyl (C=O) groups excluding carboxylic acids is 1. The molecule has 0 aliphatic rings. The van der Waals surface area contributed by atoms with Gasteiger partial charge in [0.2, 0.25) is 5.88 Å². The number of aryl methyl sites for hydroxylation is 1. The highest BCUT2D eigenvalue weighted by molar-refractivity contribution is 7.99. The molecule has 2 heterocycles. The molecule has 0 saturated carbocycles. The third kappa shape index (κ3) is 4.43. The van der Waals surface area contributed by atoms with Gasteiger partial charge >= 0.3 is 0 Å². The number of fused-ring (bicyclic) bond motifs is 1. The molecule has 3 rings (SSSR count). The highest BCUT2D eigenvalue weighted by Gasteiger charge is 2.17. The summed E-state index contributed by atoms with van der Waals surface area (Å²) in [5.74, 6) is 1.22. The molecule has 1 unspecified atom stereocenters. The van der Waals surface area contributed by atoms with Crippen molar-refractivity contribution in [1.82, 2.24) is 15.3 Å². The van der Waals surface area contributed by atoms with E-state index in [1.54, 1.807) is 37.2 Å². The average molecular weight is 398 g/mol. The van der Waals surface area contributed by atoms with Crippen molar-refractivity contribution in [3.63, 3.8) is 0 Å². The van der Waals surface area contributed by atoms with Gasteiger partial charge in [0.15, 0.2) is 0 Å². The molecule has 3 aromatic rings. The summed E-state index contributed by atoms with van der Waals surface area (Å²) in [7, 11) is 1.57. The Hall–Kier alpha value is -2.64. The highest BCUT2D eigenvalue weighted by atomic mass is 32.2. The van der Waals surface area contributed by atoms with Gasteiger partial charge in [-0.05, 0) is 54.5 Å². The average Bonchev–Trinajstić information content (AvgIpc) is 2.71. The maximum atomic E-state index is 12.7. The molecule has 1 atom stereocenters. The van der Waals surface area contributed by atoms with Gasteiger partial charge in [-0.1, -0.05) is 6.92 Å². The van der Waals surface area contributed by atoms with Gasteiger partial charge in [-0.3, -0.25) is 9.78 Å². The number of amides is 1. The van der Waals surface area contributed by atoms with E-state index in [1.807, 2.05) is 31.2 Å². The lowest BCUT2D eigenvalue weighted by Crippen LogP contribution is -2.31. The van der Waals surface area contributed by atoms with Crippen LogP contribution in [0.2, 0.25) is 0 Å². The molecule has 2 aromatic heterocycles. The fraction of sp³-hybridized carbons (Fsp3) is 0.286. The summed E-state index contributed by atoms with van der Waals surface area (Å²) < 4.78 is 5.32. The van der Waals surface area contributed by atoms with Crippen LogP contribution in [0.5, 0.6) is 5.88 Å². The largest absolute Gasteiger partial charge is 0.481 e. The van der Waals surface area contributed by atoms with E-state index in [0.29, 0.717) is 17.1 Å². The predicted octanol–water partition coefficient (Wildman–Crippen LogP) is 3.52. The van der Waals surface area contributed by atoms with Gasteiger partial charge in [0.1, 0.15) is 0 Å².